The fraction of sp³-hybridized carbons (Fsp3) is 0.167. The molecule has 2 nitrogen and oxygen atoms in total. The Bertz CT molecular complexity index is 813. The number of hydrogen-bond acceptors (Lipinski definition) is 2. The van der Waals surface area contributed by atoms with Crippen LogP contribution in [0.2, 0.25) is 0 Å². The highest BCUT2D eigenvalue weighted by atomic mass is 19.1. The third-order valence-corrected chi connectivity index (χ3v) is 4.15. The van der Waals surface area contributed by atoms with Gasteiger partial charge in [0.1, 0.15) is 5.82 Å². The van der Waals surface area contributed by atoms with Crippen LogP contribution in [0, 0.1) is 5.82 Å². The molecule has 2 heterocycles. The second-order valence-corrected chi connectivity index (χ2v) is 5.43. The van der Waals surface area contributed by atoms with Crippen molar-refractivity contribution in [2.45, 2.75) is 13.0 Å². The Hall–Kier alpha value is -2.42. The van der Waals surface area contributed by atoms with E-state index < -0.39 is 0 Å². The van der Waals surface area contributed by atoms with Crippen molar-refractivity contribution in [3.8, 4) is 0 Å². The zero-order valence-corrected chi connectivity index (χ0v) is 11.6. The number of halogens is 1. The Morgan fingerprint density at radius 2 is 1.86 bits per heavy atom. The number of aromatic nitrogens is 1. The molecule has 1 aromatic heterocycles. The SMILES string of the molecule is Fc1ccc2nccc(N3CCc4ccccc4C3)c2c1. The maximum Gasteiger partial charge on any atom is 0.124 e. The topological polar surface area (TPSA) is 16.1 Å². The third kappa shape index (κ3) is 2.15. The number of rotatable bonds is 1. The molecule has 1 aliphatic heterocycles. The van der Waals surface area contributed by atoms with E-state index in [2.05, 4.69) is 34.1 Å². The van der Waals surface area contributed by atoms with Gasteiger partial charge in [0.2, 0.25) is 0 Å². The van der Waals surface area contributed by atoms with Gasteiger partial charge in [-0.05, 0) is 41.8 Å². The summed E-state index contributed by atoms with van der Waals surface area (Å²) in [5, 5.41) is 0.886. The van der Waals surface area contributed by atoms with E-state index in [9.17, 15) is 4.39 Å². The Kier molecular flexibility index (Phi) is 2.85. The van der Waals surface area contributed by atoms with Crippen LogP contribution in [0.3, 0.4) is 0 Å². The number of pyridine rings is 1. The maximum atomic E-state index is 13.6. The zero-order chi connectivity index (χ0) is 14.2. The van der Waals surface area contributed by atoms with Crippen LogP contribution in [0.1, 0.15) is 11.1 Å². The molecule has 4 rings (SSSR count). The molecule has 0 fully saturated rings. The first-order chi connectivity index (χ1) is 10.3. The van der Waals surface area contributed by atoms with Gasteiger partial charge in [0, 0.05) is 30.4 Å². The Balaban J connectivity index is 1.80. The molecule has 0 unspecified atom stereocenters. The quantitative estimate of drug-likeness (QED) is 0.670. The highest BCUT2D eigenvalue weighted by Crippen LogP contribution is 2.30. The van der Waals surface area contributed by atoms with Crippen molar-refractivity contribution in [3.63, 3.8) is 0 Å². The Morgan fingerprint density at radius 3 is 2.76 bits per heavy atom. The molecule has 0 atom stereocenters. The van der Waals surface area contributed by atoms with Crippen molar-refractivity contribution in [1.29, 1.82) is 0 Å². The summed E-state index contributed by atoms with van der Waals surface area (Å²) in [5.74, 6) is -0.214. The Morgan fingerprint density at radius 1 is 1.00 bits per heavy atom. The molecule has 0 saturated carbocycles. The predicted octanol–water partition coefficient (Wildman–Crippen LogP) is 3.94. The third-order valence-electron chi connectivity index (χ3n) is 4.15. The highest BCUT2D eigenvalue weighted by Gasteiger charge is 2.18. The largest absolute Gasteiger partial charge is 0.366 e. The average molecular weight is 278 g/mol. The van der Waals surface area contributed by atoms with Gasteiger partial charge in [-0.1, -0.05) is 24.3 Å². The molecule has 0 radical (unpaired) electrons. The lowest BCUT2D eigenvalue weighted by Crippen LogP contribution is -2.30. The normalized spacial score (nSPS) is 14.2. The average Bonchev–Trinajstić information content (AvgIpc) is 2.54. The van der Waals surface area contributed by atoms with Crippen molar-refractivity contribution >= 4 is 16.6 Å². The minimum atomic E-state index is -0.214. The van der Waals surface area contributed by atoms with Crippen molar-refractivity contribution < 1.29 is 4.39 Å². The number of nitrogens with zero attached hydrogens (tertiary/aromatic N) is 2. The Labute approximate surface area is 122 Å². The summed E-state index contributed by atoms with van der Waals surface area (Å²) in [6.45, 7) is 1.82. The van der Waals surface area contributed by atoms with Gasteiger partial charge in [-0.3, -0.25) is 4.98 Å². The van der Waals surface area contributed by atoms with E-state index in [4.69, 9.17) is 0 Å². The first kappa shape index (κ1) is 12.3. The molecule has 3 heteroatoms. The minimum Gasteiger partial charge on any atom is -0.366 e. The van der Waals surface area contributed by atoms with Crippen LogP contribution >= 0.6 is 0 Å². The highest BCUT2D eigenvalue weighted by molar-refractivity contribution is 5.91. The number of fused-ring (bicyclic) bond motifs is 2. The standard InChI is InChI=1S/C18H15FN2/c19-15-5-6-17-16(11-15)18(7-9-20-17)21-10-8-13-3-1-2-4-14(13)12-21/h1-7,9,11H,8,10,12H2. The summed E-state index contributed by atoms with van der Waals surface area (Å²) in [6.07, 6.45) is 2.82. The van der Waals surface area contributed by atoms with Crippen molar-refractivity contribution in [2.75, 3.05) is 11.4 Å². The molecule has 0 saturated heterocycles. The summed E-state index contributed by atoms with van der Waals surface area (Å²) in [5.41, 5.74) is 4.67. The van der Waals surface area contributed by atoms with Gasteiger partial charge in [0.05, 0.1) is 5.52 Å². The summed E-state index contributed by atoms with van der Waals surface area (Å²) in [4.78, 5) is 6.64. The lowest BCUT2D eigenvalue weighted by atomic mass is 9.99. The zero-order valence-electron chi connectivity index (χ0n) is 11.6. The van der Waals surface area contributed by atoms with Crippen LogP contribution in [-0.2, 0) is 13.0 Å². The number of hydrogen-bond donors (Lipinski definition) is 0. The van der Waals surface area contributed by atoms with E-state index in [1.54, 1.807) is 18.3 Å². The van der Waals surface area contributed by atoms with Gasteiger partial charge in [-0.25, -0.2) is 4.39 Å². The van der Waals surface area contributed by atoms with E-state index in [-0.39, 0.29) is 5.82 Å². The van der Waals surface area contributed by atoms with Crippen LogP contribution in [0.4, 0.5) is 10.1 Å². The number of anilines is 1. The molecule has 2 aromatic carbocycles. The molecule has 0 N–H and O–H groups in total. The molecule has 0 aliphatic carbocycles. The predicted molar refractivity (Wildman–Crippen MR) is 82.9 cm³/mol. The molecular formula is C18H15FN2. The van der Waals surface area contributed by atoms with Crippen molar-refractivity contribution in [1.82, 2.24) is 4.98 Å². The van der Waals surface area contributed by atoms with Crippen molar-refractivity contribution in [2.24, 2.45) is 0 Å². The lowest BCUT2D eigenvalue weighted by Gasteiger charge is -2.31. The lowest BCUT2D eigenvalue weighted by molar-refractivity contribution is 0.629. The summed E-state index contributed by atoms with van der Waals surface area (Å²) < 4.78 is 13.6. The molecule has 104 valence electrons. The maximum absolute atomic E-state index is 13.6. The van der Waals surface area contributed by atoms with Crippen molar-refractivity contribution in [3.05, 3.63) is 71.7 Å². The van der Waals surface area contributed by atoms with Crippen LogP contribution in [0.15, 0.2) is 54.7 Å². The van der Waals surface area contributed by atoms with Crippen LogP contribution < -0.4 is 4.90 Å². The first-order valence-corrected chi connectivity index (χ1v) is 7.17. The van der Waals surface area contributed by atoms with Gasteiger partial charge >= 0.3 is 0 Å². The van der Waals surface area contributed by atoms with Crippen LogP contribution in [-0.4, -0.2) is 11.5 Å². The van der Waals surface area contributed by atoms with Crippen LogP contribution in [0.25, 0.3) is 10.9 Å². The molecule has 1 aliphatic rings. The van der Waals surface area contributed by atoms with E-state index in [0.717, 1.165) is 36.1 Å². The van der Waals surface area contributed by atoms with Gasteiger partial charge < -0.3 is 4.90 Å². The molecule has 0 amide bonds. The number of benzene rings is 2. The first-order valence-electron chi connectivity index (χ1n) is 7.17. The molecule has 0 bridgehead atoms. The van der Waals surface area contributed by atoms with E-state index in [1.165, 1.54) is 17.2 Å². The fourth-order valence-electron chi connectivity index (χ4n) is 3.08. The smallest absolute Gasteiger partial charge is 0.124 e. The molecular weight excluding hydrogens is 263 g/mol. The van der Waals surface area contributed by atoms with Gasteiger partial charge in [0.15, 0.2) is 0 Å². The summed E-state index contributed by atoms with van der Waals surface area (Å²) in [6, 6.07) is 15.3. The fourth-order valence-corrected chi connectivity index (χ4v) is 3.08. The van der Waals surface area contributed by atoms with E-state index in [0.29, 0.717) is 0 Å². The summed E-state index contributed by atoms with van der Waals surface area (Å²) in [7, 11) is 0. The molecule has 21 heavy (non-hydrogen) atoms. The van der Waals surface area contributed by atoms with Crippen LogP contribution in [0.5, 0.6) is 0 Å². The van der Waals surface area contributed by atoms with Gasteiger partial charge in [0.25, 0.3) is 0 Å². The molecule has 3 aromatic rings. The second-order valence-electron chi connectivity index (χ2n) is 5.43. The second kappa shape index (κ2) is 4.85. The minimum absolute atomic E-state index is 0.214. The van der Waals surface area contributed by atoms with Gasteiger partial charge in [-0.15, -0.1) is 0 Å². The summed E-state index contributed by atoms with van der Waals surface area (Å²) >= 11 is 0. The van der Waals surface area contributed by atoms with E-state index in [1.807, 2.05) is 6.07 Å². The molecule has 0 spiro atoms. The van der Waals surface area contributed by atoms with Gasteiger partial charge in [-0.2, -0.15) is 0 Å². The van der Waals surface area contributed by atoms with E-state index >= 15 is 0 Å². The monoisotopic (exact) mass is 278 g/mol.